The number of pyridine rings is 1. The van der Waals surface area contributed by atoms with E-state index in [1.54, 1.807) is 30.3 Å². The van der Waals surface area contributed by atoms with Crippen LogP contribution in [0.5, 0.6) is 0 Å². The first-order valence-electron chi connectivity index (χ1n) is 18.3. The zero-order valence-corrected chi connectivity index (χ0v) is 34.2. The maximum atomic E-state index is 14.2. The Balaban J connectivity index is 0.000000347. The van der Waals surface area contributed by atoms with Crippen LogP contribution in [0.4, 0.5) is 13.2 Å². The molecule has 0 spiro atoms. The van der Waals surface area contributed by atoms with E-state index in [4.69, 9.17) is 0 Å². The van der Waals surface area contributed by atoms with Crippen molar-refractivity contribution in [1.82, 2.24) is 4.98 Å². The van der Waals surface area contributed by atoms with Gasteiger partial charge in [0.25, 0.3) is 0 Å². The molecule has 1 radical (unpaired) electrons. The zero-order valence-electron chi connectivity index (χ0n) is 31.8. The number of aliphatic hydroxyl groups is 1. The third-order valence-electron chi connectivity index (χ3n) is 10.2. The first-order valence-corrected chi connectivity index (χ1v) is 18.3. The number of benzene rings is 5. The molecular weight excluding hydrogens is 862 g/mol. The van der Waals surface area contributed by atoms with Gasteiger partial charge in [-0.05, 0) is 47.3 Å². The van der Waals surface area contributed by atoms with Crippen LogP contribution in [0.25, 0.3) is 54.3 Å². The molecule has 0 saturated carbocycles. The SMILES string of the molecule is CC(C)(C)c1cc(-c2ncc(C(F)(F)F)c3c(C#N)c4ccccc4cc23)[c-]c2cc3ccccc3cc12.CCC(CC)C(=O)/C=C(\O)C(CC)CC.[Ir]. The summed E-state index contributed by atoms with van der Waals surface area (Å²) in [6, 6.07) is 28.5. The fourth-order valence-electron chi connectivity index (χ4n) is 7.12. The molecule has 8 heteroatoms. The Morgan fingerprint density at radius 3 is 1.93 bits per heavy atom. The van der Waals surface area contributed by atoms with Gasteiger partial charge in [-0.1, -0.05) is 125 Å². The molecular formula is C46H46F3IrN2O2-. The van der Waals surface area contributed by atoms with Gasteiger partial charge in [0.15, 0.2) is 5.78 Å². The summed E-state index contributed by atoms with van der Waals surface area (Å²) in [4.78, 5) is 16.1. The minimum absolute atomic E-state index is 0. The number of hydrogen-bond donors (Lipinski definition) is 1. The number of alkyl halides is 3. The minimum atomic E-state index is -4.67. The molecule has 6 rings (SSSR count). The Labute approximate surface area is 329 Å². The van der Waals surface area contributed by atoms with Crippen LogP contribution >= 0.6 is 0 Å². The van der Waals surface area contributed by atoms with Gasteiger partial charge < -0.3 is 5.11 Å². The summed E-state index contributed by atoms with van der Waals surface area (Å²) in [5.41, 5.74) is 0.837. The first-order chi connectivity index (χ1) is 25.2. The van der Waals surface area contributed by atoms with Gasteiger partial charge in [0, 0.05) is 60.7 Å². The van der Waals surface area contributed by atoms with Crippen LogP contribution in [0.15, 0.2) is 90.8 Å². The maximum absolute atomic E-state index is 14.2. The number of fused-ring (bicyclic) bond motifs is 4. The molecule has 1 aromatic heterocycles. The van der Waals surface area contributed by atoms with Crippen molar-refractivity contribution < 1.29 is 43.2 Å². The fourth-order valence-corrected chi connectivity index (χ4v) is 7.12. The van der Waals surface area contributed by atoms with Gasteiger partial charge in [-0.2, -0.15) is 18.4 Å². The van der Waals surface area contributed by atoms with Crippen molar-refractivity contribution in [2.45, 2.75) is 85.7 Å². The number of rotatable bonds is 8. The number of carbonyl (C=O) groups excluding carboxylic acids is 1. The second kappa shape index (κ2) is 17.3. The quantitative estimate of drug-likeness (QED) is 0.0715. The van der Waals surface area contributed by atoms with Crippen LogP contribution in [0.2, 0.25) is 0 Å². The Hall–Kier alpha value is -4.57. The fraction of sp³-hybridized carbons (Fsp3) is 0.326. The van der Waals surface area contributed by atoms with Crippen LogP contribution in [-0.2, 0) is 36.5 Å². The van der Waals surface area contributed by atoms with E-state index in [2.05, 4.69) is 56.1 Å². The molecule has 0 aliphatic rings. The molecule has 5 aromatic carbocycles. The molecule has 283 valence electrons. The van der Waals surface area contributed by atoms with E-state index in [1.165, 1.54) is 6.08 Å². The van der Waals surface area contributed by atoms with Gasteiger partial charge >= 0.3 is 6.18 Å². The van der Waals surface area contributed by atoms with Crippen molar-refractivity contribution in [3.05, 3.63) is 114 Å². The van der Waals surface area contributed by atoms with E-state index in [-0.39, 0.29) is 65.2 Å². The zero-order chi connectivity index (χ0) is 38.7. The molecule has 6 aromatic rings. The maximum Gasteiger partial charge on any atom is 0.418 e. The summed E-state index contributed by atoms with van der Waals surface area (Å²) in [6.07, 6.45) is 1.09. The van der Waals surface area contributed by atoms with Gasteiger partial charge in [-0.3, -0.25) is 9.78 Å². The number of nitrogens with zero attached hydrogens (tertiary/aromatic N) is 2. The number of hydrogen-bond acceptors (Lipinski definition) is 4. The number of aromatic nitrogens is 1. The number of halogens is 3. The van der Waals surface area contributed by atoms with E-state index >= 15 is 0 Å². The van der Waals surface area contributed by atoms with Gasteiger partial charge in [-0.15, -0.1) is 29.1 Å². The summed E-state index contributed by atoms with van der Waals surface area (Å²) < 4.78 is 42.6. The average molecular weight is 908 g/mol. The second-order valence-electron chi connectivity index (χ2n) is 14.6. The normalized spacial score (nSPS) is 12.2. The van der Waals surface area contributed by atoms with Crippen molar-refractivity contribution in [1.29, 1.82) is 5.26 Å². The minimum Gasteiger partial charge on any atom is -0.512 e. The summed E-state index contributed by atoms with van der Waals surface area (Å²) in [6.45, 7) is 14.4. The molecule has 0 bridgehead atoms. The average Bonchev–Trinajstić information content (AvgIpc) is 3.12. The van der Waals surface area contributed by atoms with E-state index in [9.17, 15) is 28.3 Å². The largest absolute Gasteiger partial charge is 0.512 e. The summed E-state index contributed by atoms with van der Waals surface area (Å²) in [5.74, 6) is 0.547. The molecule has 4 nitrogen and oxygen atoms in total. The standard InChI is InChI=1S/C33H22F3N2.C13H24O2.Ir/c1-32(2,3)28-16-23(13-22-12-19-8-4-5-9-20(19)14-25(22)28)31-26-15-21-10-6-7-11-24(21)27(17-37)30(26)29(18-38-31)33(34,35)36;1-5-10(6-2)12(14)9-13(15)11(7-3)8-4;/h4-12,14-16,18H,1-3H3;9-11,14H,5-8H2,1-4H3;/q-1;;/b;12-9-;. The van der Waals surface area contributed by atoms with Gasteiger partial charge in [0.1, 0.15) is 6.07 Å². The van der Waals surface area contributed by atoms with Crippen LogP contribution in [0.1, 0.15) is 90.8 Å². The smallest absolute Gasteiger partial charge is 0.418 e. The van der Waals surface area contributed by atoms with E-state index < -0.39 is 11.7 Å². The van der Waals surface area contributed by atoms with Crippen LogP contribution in [0, 0.1) is 29.2 Å². The van der Waals surface area contributed by atoms with E-state index in [0.29, 0.717) is 22.0 Å². The number of ketones is 1. The van der Waals surface area contributed by atoms with Crippen molar-refractivity contribution in [3.63, 3.8) is 0 Å². The predicted molar refractivity (Wildman–Crippen MR) is 211 cm³/mol. The van der Waals surface area contributed by atoms with Crippen LogP contribution < -0.4 is 0 Å². The summed E-state index contributed by atoms with van der Waals surface area (Å²) in [5, 5.41) is 25.2. The first kappa shape index (κ1) is 42.2. The molecule has 54 heavy (non-hydrogen) atoms. The predicted octanol–water partition coefficient (Wildman–Crippen LogP) is 13.2. The van der Waals surface area contributed by atoms with Gasteiger partial charge in [0.05, 0.1) is 16.9 Å². The molecule has 0 fully saturated rings. The Kier molecular flexibility index (Phi) is 13.5. The molecule has 0 aliphatic carbocycles. The molecule has 0 saturated heterocycles. The van der Waals surface area contributed by atoms with Crippen molar-refractivity contribution in [2.24, 2.45) is 11.8 Å². The molecule has 0 amide bonds. The van der Waals surface area contributed by atoms with E-state index in [1.807, 2.05) is 52.0 Å². The topological polar surface area (TPSA) is 74.0 Å². The van der Waals surface area contributed by atoms with Crippen molar-refractivity contribution in [3.8, 4) is 17.3 Å². The Morgan fingerprint density at radius 2 is 1.37 bits per heavy atom. The monoisotopic (exact) mass is 908 g/mol. The number of allylic oxidation sites excluding steroid dienone is 2. The van der Waals surface area contributed by atoms with Crippen molar-refractivity contribution >= 4 is 48.9 Å². The molecule has 0 atom stereocenters. The van der Waals surface area contributed by atoms with Crippen molar-refractivity contribution in [2.75, 3.05) is 0 Å². The molecule has 0 unspecified atom stereocenters. The second-order valence-corrected chi connectivity index (χ2v) is 14.6. The molecule has 1 heterocycles. The number of carbonyl (C=O) groups is 1. The molecule has 1 N–H and O–H groups in total. The Bertz CT molecular complexity index is 2380. The summed E-state index contributed by atoms with van der Waals surface area (Å²) in [7, 11) is 0. The van der Waals surface area contributed by atoms with Crippen LogP contribution in [0.3, 0.4) is 0 Å². The van der Waals surface area contributed by atoms with Crippen LogP contribution in [-0.4, -0.2) is 15.9 Å². The number of nitriles is 1. The number of aliphatic hydroxyl groups excluding tert-OH is 1. The molecule has 0 aliphatic heterocycles. The van der Waals surface area contributed by atoms with Gasteiger partial charge in [-0.25, -0.2) is 0 Å². The third kappa shape index (κ3) is 8.70. The third-order valence-corrected chi connectivity index (χ3v) is 10.2. The Morgan fingerprint density at radius 1 is 0.815 bits per heavy atom. The van der Waals surface area contributed by atoms with Gasteiger partial charge in [0.2, 0.25) is 0 Å². The van der Waals surface area contributed by atoms with E-state index in [0.717, 1.165) is 59.0 Å². The summed E-state index contributed by atoms with van der Waals surface area (Å²) >= 11 is 0.